The van der Waals surface area contributed by atoms with Gasteiger partial charge < -0.3 is 31.2 Å². The van der Waals surface area contributed by atoms with Gasteiger partial charge in [0.2, 0.25) is 11.9 Å². The lowest BCUT2D eigenvalue weighted by molar-refractivity contribution is 0.0928. The normalized spacial score (nSPS) is 17.5. The molecular weight excluding hydrogens is 648 g/mol. The molecule has 0 fully saturated rings. The van der Waals surface area contributed by atoms with Gasteiger partial charge in [-0.1, -0.05) is 18.6 Å². The van der Waals surface area contributed by atoms with E-state index in [1.807, 2.05) is 49.6 Å². The van der Waals surface area contributed by atoms with Crippen LogP contribution in [-0.4, -0.2) is 72.8 Å². The number of anilines is 3. The molecule has 3 aromatic heterocycles. The van der Waals surface area contributed by atoms with E-state index >= 15 is 0 Å². The Kier molecular flexibility index (Phi) is 9.45. The topological polar surface area (TPSA) is 182 Å². The maximum Gasteiger partial charge on any atom is 0.276 e. The monoisotopic (exact) mass is 692 g/mol. The molecule has 2 aliphatic rings. The van der Waals surface area contributed by atoms with Crippen LogP contribution < -0.4 is 31.9 Å². The molecule has 1 atom stereocenters. The number of aromatic nitrogens is 6. The molecule has 266 valence electrons. The summed E-state index contributed by atoms with van der Waals surface area (Å²) in [7, 11) is 0. The first-order valence-electron chi connectivity index (χ1n) is 17.6. The number of nitrogens with one attached hydrogen (secondary N) is 4. The van der Waals surface area contributed by atoms with E-state index in [4.69, 9.17) is 15.8 Å². The summed E-state index contributed by atoms with van der Waals surface area (Å²) in [6.07, 6.45) is 2.77. The van der Waals surface area contributed by atoms with Gasteiger partial charge in [-0.3, -0.25) is 29.1 Å². The molecular formula is C36H44N12O3. The summed E-state index contributed by atoms with van der Waals surface area (Å²) in [5.74, 6) is -0.668. The van der Waals surface area contributed by atoms with Gasteiger partial charge in [0.15, 0.2) is 6.29 Å². The molecule has 0 bridgehead atoms. The number of carbonyl (C=O) groups excluding carboxylic acids is 3. The SMILES string of the molecule is CCn1nc(C)c2c1C(=O)NC1Nc3ccccc3N1CCNCCn1c(nc3cc(C(N)=O)ccc31)NC(=O)c1cc(C)nn1CCCCC2. The van der Waals surface area contributed by atoms with Crippen LogP contribution in [-0.2, 0) is 26.1 Å². The molecule has 3 amide bonds. The van der Waals surface area contributed by atoms with Crippen molar-refractivity contribution >= 4 is 46.1 Å². The summed E-state index contributed by atoms with van der Waals surface area (Å²) in [5.41, 5.74) is 12.8. The van der Waals surface area contributed by atoms with Crippen LogP contribution in [0.25, 0.3) is 11.0 Å². The van der Waals surface area contributed by atoms with Crippen molar-refractivity contribution in [1.82, 2.24) is 39.7 Å². The first-order valence-corrected chi connectivity index (χ1v) is 17.6. The Morgan fingerprint density at radius 3 is 2.59 bits per heavy atom. The number of aryl methyl sites for hydroxylation is 4. The molecule has 1 unspecified atom stereocenters. The number of carbonyl (C=O) groups is 3. The lowest BCUT2D eigenvalue weighted by Crippen LogP contribution is -2.52. The number of benzene rings is 2. The van der Waals surface area contributed by atoms with E-state index < -0.39 is 12.2 Å². The molecule has 0 radical (unpaired) electrons. The number of fused-ring (bicyclic) bond motifs is 8. The predicted molar refractivity (Wildman–Crippen MR) is 195 cm³/mol. The number of primary amides is 1. The molecule has 7 rings (SSSR count). The molecule has 0 aliphatic carbocycles. The molecule has 2 aliphatic heterocycles. The molecule has 5 aromatic rings. The number of imidazole rings is 1. The van der Waals surface area contributed by atoms with E-state index in [1.165, 1.54) is 0 Å². The van der Waals surface area contributed by atoms with E-state index in [2.05, 4.69) is 31.3 Å². The molecule has 0 saturated heterocycles. The van der Waals surface area contributed by atoms with E-state index in [-0.39, 0.29) is 11.8 Å². The Morgan fingerprint density at radius 1 is 0.941 bits per heavy atom. The summed E-state index contributed by atoms with van der Waals surface area (Å²) in [6.45, 7) is 9.23. The minimum absolute atomic E-state index is 0.167. The van der Waals surface area contributed by atoms with Gasteiger partial charge in [0.1, 0.15) is 11.4 Å². The average Bonchev–Trinajstić information content (AvgIpc) is 3.85. The highest BCUT2D eigenvalue weighted by atomic mass is 16.2. The Labute approximate surface area is 295 Å². The van der Waals surface area contributed by atoms with Crippen LogP contribution in [0.2, 0.25) is 0 Å². The molecule has 6 N–H and O–H groups in total. The third-order valence-corrected chi connectivity index (χ3v) is 9.58. The van der Waals surface area contributed by atoms with Crippen molar-refractivity contribution < 1.29 is 14.4 Å². The minimum Gasteiger partial charge on any atom is -0.366 e. The molecule has 0 spiro atoms. The highest BCUT2D eigenvalue weighted by molar-refractivity contribution is 6.03. The Balaban J connectivity index is 1.19. The molecule has 2 aromatic carbocycles. The van der Waals surface area contributed by atoms with Crippen LogP contribution in [0.1, 0.15) is 74.5 Å². The zero-order valence-electron chi connectivity index (χ0n) is 29.2. The molecule has 0 saturated carbocycles. The molecule has 51 heavy (non-hydrogen) atoms. The van der Waals surface area contributed by atoms with E-state index in [0.717, 1.165) is 53.1 Å². The summed E-state index contributed by atoms with van der Waals surface area (Å²) in [4.78, 5) is 46.6. The third kappa shape index (κ3) is 6.76. The zero-order chi connectivity index (χ0) is 35.6. The quantitative estimate of drug-likeness (QED) is 0.185. The van der Waals surface area contributed by atoms with Crippen molar-refractivity contribution in [3.63, 3.8) is 0 Å². The Hall–Kier alpha value is -5.70. The summed E-state index contributed by atoms with van der Waals surface area (Å²) in [6, 6.07) is 14.9. The van der Waals surface area contributed by atoms with Gasteiger partial charge in [0.25, 0.3) is 11.8 Å². The predicted octanol–water partition coefficient (Wildman–Crippen LogP) is 3.38. The van der Waals surface area contributed by atoms with Gasteiger partial charge in [-0.05, 0) is 76.4 Å². The van der Waals surface area contributed by atoms with Crippen LogP contribution in [0, 0.1) is 13.8 Å². The fraction of sp³-hybridized carbons (Fsp3) is 0.389. The lowest BCUT2D eigenvalue weighted by Gasteiger charge is -2.28. The van der Waals surface area contributed by atoms with E-state index in [1.54, 1.807) is 33.6 Å². The number of para-hydroxylation sites is 2. The maximum absolute atomic E-state index is 14.0. The van der Waals surface area contributed by atoms with Crippen molar-refractivity contribution in [2.75, 3.05) is 35.2 Å². The van der Waals surface area contributed by atoms with Gasteiger partial charge in [-0.2, -0.15) is 10.2 Å². The van der Waals surface area contributed by atoms with Crippen LogP contribution in [0.3, 0.4) is 0 Å². The zero-order valence-corrected chi connectivity index (χ0v) is 29.2. The molecule has 15 nitrogen and oxygen atoms in total. The van der Waals surface area contributed by atoms with Crippen molar-refractivity contribution in [2.45, 2.75) is 72.4 Å². The smallest absolute Gasteiger partial charge is 0.276 e. The van der Waals surface area contributed by atoms with Crippen molar-refractivity contribution in [1.29, 1.82) is 0 Å². The number of rotatable bonds is 2. The van der Waals surface area contributed by atoms with Gasteiger partial charge in [-0.25, -0.2) is 4.98 Å². The number of nitrogens with two attached hydrogens (primary N) is 1. The highest BCUT2D eigenvalue weighted by Crippen LogP contribution is 2.33. The van der Waals surface area contributed by atoms with Crippen molar-refractivity contribution in [2.24, 2.45) is 5.73 Å². The van der Waals surface area contributed by atoms with Crippen molar-refractivity contribution in [3.05, 3.63) is 82.4 Å². The second-order valence-corrected chi connectivity index (χ2v) is 13.0. The van der Waals surface area contributed by atoms with Gasteiger partial charge in [0, 0.05) is 50.4 Å². The lowest BCUT2D eigenvalue weighted by atomic mass is 10.0. The first-order chi connectivity index (χ1) is 24.7. The largest absolute Gasteiger partial charge is 0.366 e. The fourth-order valence-electron chi connectivity index (χ4n) is 7.09. The van der Waals surface area contributed by atoms with Gasteiger partial charge >= 0.3 is 0 Å². The Morgan fingerprint density at radius 2 is 1.76 bits per heavy atom. The molecule has 5 heterocycles. The van der Waals surface area contributed by atoms with Crippen LogP contribution in [0.5, 0.6) is 0 Å². The second-order valence-electron chi connectivity index (χ2n) is 13.0. The van der Waals surface area contributed by atoms with Gasteiger partial charge in [-0.15, -0.1) is 0 Å². The van der Waals surface area contributed by atoms with Crippen LogP contribution in [0.4, 0.5) is 17.3 Å². The maximum atomic E-state index is 14.0. The Bertz CT molecular complexity index is 2110. The standard InChI is InChI=1S/C36H44N12O3/c1-4-47-31-25(23(3)44-47)10-6-5-9-17-48-30(20-22(2)43-48)33(50)41-36-40-27-21-24(32(37)49)13-14-29(27)46(36)19-16-38-15-18-45-28-12-8-7-11-26(28)39-35(45)42-34(31)51/h7-8,11-14,20-21,35,38-39H,4-6,9-10,15-19H2,1-3H3,(H2,37,49)(H,42,51)(H,40,41,50). The number of hydrogen-bond acceptors (Lipinski definition) is 9. The number of amides is 3. The minimum atomic E-state index is -0.549. The van der Waals surface area contributed by atoms with E-state index in [0.29, 0.717) is 74.1 Å². The average molecular weight is 693 g/mol. The van der Waals surface area contributed by atoms with Crippen LogP contribution in [0.15, 0.2) is 48.5 Å². The highest BCUT2D eigenvalue weighted by Gasteiger charge is 2.31. The van der Waals surface area contributed by atoms with Crippen molar-refractivity contribution in [3.8, 4) is 0 Å². The molecule has 15 heteroatoms. The second kappa shape index (κ2) is 14.3. The number of hydrogen-bond donors (Lipinski definition) is 5. The number of nitrogens with zero attached hydrogens (tertiary/aromatic N) is 7. The van der Waals surface area contributed by atoms with Gasteiger partial charge in [0.05, 0.1) is 33.8 Å². The third-order valence-electron chi connectivity index (χ3n) is 9.58. The van der Waals surface area contributed by atoms with E-state index in [9.17, 15) is 14.4 Å². The summed E-state index contributed by atoms with van der Waals surface area (Å²) >= 11 is 0. The first kappa shape index (κ1) is 33.8. The fourth-order valence-corrected chi connectivity index (χ4v) is 7.09. The van der Waals surface area contributed by atoms with Crippen LogP contribution >= 0.6 is 0 Å². The summed E-state index contributed by atoms with van der Waals surface area (Å²) < 4.78 is 5.47. The summed E-state index contributed by atoms with van der Waals surface area (Å²) in [5, 5.41) is 22.6.